The maximum Gasteiger partial charge on any atom is 0.207 e. The lowest BCUT2D eigenvalue weighted by atomic mass is 10.1. The first kappa shape index (κ1) is 11.3. The summed E-state index contributed by atoms with van der Waals surface area (Å²) in [5.74, 6) is 0.0810. The van der Waals surface area contributed by atoms with E-state index in [9.17, 15) is 0 Å². The zero-order chi connectivity index (χ0) is 11.1. The first-order chi connectivity index (χ1) is 7.33. The van der Waals surface area contributed by atoms with Crippen LogP contribution in [0.1, 0.15) is 19.3 Å². The van der Waals surface area contributed by atoms with Crippen molar-refractivity contribution < 1.29 is 0 Å². The van der Waals surface area contributed by atoms with E-state index in [1.54, 1.807) is 6.19 Å². The van der Waals surface area contributed by atoms with Crippen LogP contribution in [0.5, 0.6) is 0 Å². The molecule has 1 aliphatic heterocycles. The molecule has 1 fully saturated rings. The molecule has 1 saturated heterocycles. The van der Waals surface area contributed by atoms with Crippen LogP contribution in [-0.4, -0.2) is 23.8 Å². The largest absolute Gasteiger partial charge is 0.358 e. The van der Waals surface area contributed by atoms with E-state index in [0.29, 0.717) is 5.84 Å². The molecule has 4 heteroatoms. The van der Waals surface area contributed by atoms with E-state index in [0.717, 1.165) is 25.9 Å². The quantitative estimate of drug-likeness (QED) is 0.296. The van der Waals surface area contributed by atoms with Crippen LogP contribution < -0.4 is 0 Å². The molecule has 1 atom stereocenters. The minimum atomic E-state index is -0.470. The number of amidine groups is 1. The molecule has 1 aliphatic rings. The van der Waals surface area contributed by atoms with Crippen molar-refractivity contribution in [3.8, 4) is 12.3 Å². The van der Waals surface area contributed by atoms with Gasteiger partial charge in [-0.2, -0.15) is 15.5 Å². The van der Waals surface area contributed by atoms with Crippen LogP contribution in [-0.2, 0) is 0 Å². The molecule has 0 aliphatic carbocycles. The molecule has 0 N–H and O–H groups in total. The summed E-state index contributed by atoms with van der Waals surface area (Å²) < 4.78 is 0. The van der Waals surface area contributed by atoms with Gasteiger partial charge < -0.3 is 4.90 Å². The second-order valence-electron chi connectivity index (χ2n) is 3.46. The van der Waals surface area contributed by atoms with E-state index >= 15 is 0 Å². The number of hydrogen-bond donors (Lipinski definition) is 0. The van der Waals surface area contributed by atoms with Crippen molar-refractivity contribution in [2.75, 3.05) is 13.1 Å². The number of likely N-dealkylation sites (tertiary alicyclic amines) is 1. The monoisotopic (exact) mass is 202 g/mol. The lowest BCUT2D eigenvalue weighted by Crippen LogP contribution is -2.39. The van der Waals surface area contributed by atoms with Crippen molar-refractivity contribution in [2.45, 2.75) is 19.3 Å². The summed E-state index contributed by atoms with van der Waals surface area (Å²) in [7, 11) is 0. The average molecular weight is 202 g/mol. The number of hydrogen-bond acceptors (Lipinski definition) is 3. The van der Waals surface area contributed by atoms with Gasteiger partial charge in [-0.1, -0.05) is 6.08 Å². The van der Waals surface area contributed by atoms with Crippen LogP contribution in [0.3, 0.4) is 0 Å². The molecule has 0 saturated carbocycles. The van der Waals surface area contributed by atoms with E-state index in [-0.39, 0.29) is 0 Å². The summed E-state index contributed by atoms with van der Waals surface area (Å²) in [6.45, 7) is 5.35. The smallest absolute Gasteiger partial charge is 0.207 e. The van der Waals surface area contributed by atoms with Gasteiger partial charge in [0, 0.05) is 13.1 Å². The fourth-order valence-corrected chi connectivity index (χ4v) is 1.73. The highest BCUT2D eigenvalue weighted by Gasteiger charge is 2.21. The molecule has 1 rings (SSSR count). The number of piperidine rings is 1. The lowest BCUT2D eigenvalue weighted by Gasteiger charge is -2.30. The standard InChI is InChI=1S/C11H14N4/c1-2-10(8-12)11(14-9-13)15-6-4-3-5-7-15/h2,10H,1,3-7H2. The van der Waals surface area contributed by atoms with E-state index in [1.807, 2.05) is 4.90 Å². The Kier molecular flexibility index (Phi) is 4.37. The molecule has 0 radical (unpaired) electrons. The van der Waals surface area contributed by atoms with Crippen molar-refractivity contribution in [1.29, 1.82) is 10.5 Å². The summed E-state index contributed by atoms with van der Waals surface area (Å²) in [6.07, 6.45) is 6.70. The highest BCUT2D eigenvalue weighted by molar-refractivity contribution is 5.89. The second kappa shape index (κ2) is 5.82. The number of nitriles is 2. The Hall–Kier alpha value is -1.81. The number of rotatable bonds is 2. The van der Waals surface area contributed by atoms with Crippen LogP contribution in [0.15, 0.2) is 17.6 Å². The Labute approximate surface area is 90.1 Å². The predicted molar refractivity (Wildman–Crippen MR) is 57.8 cm³/mol. The topological polar surface area (TPSA) is 63.2 Å². The predicted octanol–water partition coefficient (Wildman–Crippen LogP) is 1.68. The van der Waals surface area contributed by atoms with Crippen molar-refractivity contribution >= 4 is 5.84 Å². The van der Waals surface area contributed by atoms with Gasteiger partial charge in [0.2, 0.25) is 6.19 Å². The van der Waals surface area contributed by atoms with Gasteiger partial charge >= 0.3 is 0 Å². The lowest BCUT2D eigenvalue weighted by molar-refractivity contribution is 0.335. The second-order valence-corrected chi connectivity index (χ2v) is 3.46. The molecule has 4 nitrogen and oxygen atoms in total. The number of nitrogens with zero attached hydrogens (tertiary/aromatic N) is 4. The molecule has 0 aromatic heterocycles. The third kappa shape index (κ3) is 2.82. The van der Waals surface area contributed by atoms with Crippen LogP contribution in [0.4, 0.5) is 0 Å². The van der Waals surface area contributed by atoms with Gasteiger partial charge in [0.05, 0.1) is 6.07 Å². The molecule has 0 aromatic carbocycles. The van der Waals surface area contributed by atoms with E-state index in [1.165, 1.54) is 12.5 Å². The Morgan fingerprint density at radius 3 is 2.47 bits per heavy atom. The Morgan fingerprint density at radius 1 is 1.33 bits per heavy atom. The normalized spacial score (nSPS) is 18.8. The van der Waals surface area contributed by atoms with Gasteiger partial charge in [0.15, 0.2) is 0 Å². The van der Waals surface area contributed by atoms with Gasteiger partial charge in [-0.15, -0.1) is 6.58 Å². The Morgan fingerprint density at radius 2 is 2.00 bits per heavy atom. The van der Waals surface area contributed by atoms with Crippen LogP contribution in [0, 0.1) is 28.7 Å². The SMILES string of the molecule is C=CC(C#N)C(=NC#N)N1CCCCC1. The molecule has 0 spiro atoms. The van der Waals surface area contributed by atoms with E-state index in [4.69, 9.17) is 10.5 Å². The maximum absolute atomic E-state index is 8.92. The highest BCUT2D eigenvalue weighted by atomic mass is 15.2. The molecular formula is C11H14N4. The molecule has 1 heterocycles. The third-order valence-electron chi connectivity index (χ3n) is 2.50. The van der Waals surface area contributed by atoms with Gasteiger partial charge in [0.25, 0.3) is 0 Å². The first-order valence-corrected chi connectivity index (χ1v) is 5.07. The van der Waals surface area contributed by atoms with Gasteiger partial charge in [-0.25, -0.2) is 0 Å². The average Bonchev–Trinajstić information content (AvgIpc) is 2.30. The van der Waals surface area contributed by atoms with Gasteiger partial charge in [0.1, 0.15) is 11.8 Å². The molecule has 15 heavy (non-hydrogen) atoms. The van der Waals surface area contributed by atoms with Gasteiger partial charge in [-0.05, 0) is 19.3 Å². The number of aliphatic imine (C=N–C) groups is 1. The Bertz CT molecular complexity index is 325. The Balaban J connectivity index is 2.83. The van der Waals surface area contributed by atoms with Crippen LogP contribution in [0.25, 0.3) is 0 Å². The molecule has 78 valence electrons. The molecule has 0 bridgehead atoms. The van der Waals surface area contributed by atoms with Crippen LogP contribution in [0.2, 0.25) is 0 Å². The molecular weight excluding hydrogens is 188 g/mol. The van der Waals surface area contributed by atoms with Crippen molar-refractivity contribution in [1.82, 2.24) is 4.90 Å². The van der Waals surface area contributed by atoms with Crippen molar-refractivity contribution in [3.05, 3.63) is 12.7 Å². The van der Waals surface area contributed by atoms with Crippen molar-refractivity contribution in [2.24, 2.45) is 10.9 Å². The molecule has 0 aromatic rings. The molecule has 1 unspecified atom stereocenters. The minimum absolute atomic E-state index is 0.470. The molecule has 0 amide bonds. The van der Waals surface area contributed by atoms with Gasteiger partial charge in [-0.3, -0.25) is 0 Å². The van der Waals surface area contributed by atoms with E-state index < -0.39 is 5.92 Å². The summed E-state index contributed by atoms with van der Waals surface area (Å²) in [5.41, 5.74) is 0. The fraction of sp³-hybridized carbons (Fsp3) is 0.545. The van der Waals surface area contributed by atoms with Crippen LogP contribution >= 0.6 is 0 Å². The summed E-state index contributed by atoms with van der Waals surface area (Å²) in [6, 6.07) is 2.09. The summed E-state index contributed by atoms with van der Waals surface area (Å²) in [4.78, 5) is 5.76. The summed E-state index contributed by atoms with van der Waals surface area (Å²) in [5, 5.41) is 17.5. The zero-order valence-electron chi connectivity index (χ0n) is 8.69. The summed E-state index contributed by atoms with van der Waals surface area (Å²) >= 11 is 0. The maximum atomic E-state index is 8.92. The third-order valence-corrected chi connectivity index (χ3v) is 2.50. The fourth-order valence-electron chi connectivity index (χ4n) is 1.73. The first-order valence-electron chi connectivity index (χ1n) is 5.07. The zero-order valence-corrected chi connectivity index (χ0v) is 8.69. The van der Waals surface area contributed by atoms with E-state index in [2.05, 4.69) is 17.6 Å². The van der Waals surface area contributed by atoms with Crippen molar-refractivity contribution in [3.63, 3.8) is 0 Å². The minimum Gasteiger partial charge on any atom is -0.358 e. The highest BCUT2D eigenvalue weighted by Crippen LogP contribution is 2.14.